The van der Waals surface area contributed by atoms with Crippen LogP contribution in [0.2, 0.25) is 0 Å². The molecule has 2 N–H and O–H groups in total. The van der Waals surface area contributed by atoms with Gasteiger partial charge < -0.3 is 14.8 Å². The van der Waals surface area contributed by atoms with E-state index in [1.165, 1.54) is 21.8 Å². The molecule has 2 aromatic heterocycles. The van der Waals surface area contributed by atoms with Crippen LogP contribution < -0.4 is 5.73 Å². The number of aromatic nitrogens is 2. The van der Waals surface area contributed by atoms with Crippen LogP contribution in [0.1, 0.15) is 19.9 Å². The number of fused-ring (bicyclic) bond motifs is 3. The van der Waals surface area contributed by atoms with Crippen molar-refractivity contribution in [2.24, 2.45) is 0 Å². The molecule has 0 unspecified atom stereocenters. The molecule has 4 rings (SSSR count). The molecule has 4 nitrogen and oxygen atoms in total. The molecule has 0 atom stereocenters. The molecule has 2 heterocycles. The van der Waals surface area contributed by atoms with E-state index in [0.29, 0.717) is 11.9 Å². The Morgan fingerprint density at radius 3 is 2.50 bits per heavy atom. The molecule has 0 aliphatic carbocycles. The van der Waals surface area contributed by atoms with E-state index in [4.69, 9.17) is 10.3 Å². The van der Waals surface area contributed by atoms with Gasteiger partial charge in [-0.05, 0) is 32.0 Å². The first-order valence-electron chi connectivity index (χ1n) is 7.40. The molecular formula is C18H17N3O. The molecule has 0 saturated carbocycles. The molecule has 22 heavy (non-hydrogen) atoms. The van der Waals surface area contributed by atoms with E-state index < -0.39 is 0 Å². The Balaban J connectivity index is 2.06. The molecule has 4 aromatic rings. The van der Waals surface area contributed by atoms with Crippen molar-refractivity contribution in [3.63, 3.8) is 0 Å². The van der Waals surface area contributed by atoms with E-state index in [-0.39, 0.29) is 0 Å². The smallest absolute Gasteiger partial charge is 0.222 e. The Morgan fingerprint density at radius 2 is 1.77 bits per heavy atom. The fraction of sp³-hybridized carbons (Fsp3) is 0.167. The molecule has 0 fully saturated rings. The number of nitrogens with zero attached hydrogens (tertiary/aromatic N) is 2. The highest BCUT2D eigenvalue weighted by atomic mass is 16.5. The zero-order valence-electron chi connectivity index (χ0n) is 12.6. The highest BCUT2D eigenvalue weighted by Crippen LogP contribution is 2.34. The first-order chi connectivity index (χ1) is 10.6. The highest BCUT2D eigenvalue weighted by molar-refractivity contribution is 6.09. The molecule has 0 bridgehead atoms. The van der Waals surface area contributed by atoms with Gasteiger partial charge in [0.15, 0.2) is 0 Å². The lowest BCUT2D eigenvalue weighted by atomic mass is 10.1. The third-order valence-electron chi connectivity index (χ3n) is 4.05. The highest BCUT2D eigenvalue weighted by Gasteiger charge is 2.14. The summed E-state index contributed by atoms with van der Waals surface area (Å²) in [6.45, 7) is 4.41. The van der Waals surface area contributed by atoms with Crippen molar-refractivity contribution in [3.8, 4) is 11.3 Å². The summed E-state index contributed by atoms with van der Waals surface area (Å²) in [5.41, 5.74) is 9.89. The van der Waals surface area contributed by atoms with Crippen LogP contribution in [0.4, 0.5) is 5.88 Å². The van der Waals surface area contributed by atoms with Gasteiger partial charge in [-0.25, -0.2) is 0 Å². The predicted octanol–water partition coefficient (Wildman–Crippen LogP) is 4.61. The second kappa shape index (κ2) is 4.63. The molecule has 2 aromatic carbocycles. The number of para-hydroxylation sites is 1. The van der Waals surface area contributed by atoms with Crippen molar-refractivity contribution in [2.75, 3.05) is 5.73 Å². The standard InChI is InChI=1S/C18H17N3O/c1-11(2)21-16-6-4-3-5-13(16)14-9-12(7-8-17(14)21)15-10-18(19)22-20-15/h3-11H,19H2,1-2H3. The van der Waals surface area contributed by atoms with Crippen LogP contribution in [0.3, 0.4) is 0 Å². The molecule has 0 radical (unpaired) electrons. The summed E-state index contributed by atoms with van der Waals surface area (Å²) in [6, 6.07) is 17.0. The quantitative estimate of drug-likeness (QED) is 0.586. The maximum atomic E-state index is 5.63. The molecule has 110 valence electrons. The summed E-state index contributed by atoms with van der Waals surface area (Å²) in [5.74, 6) is 0.333. The second-order valence-electron chi connectivity index (χ2n) is 5.83. The Kier molecular flexibility index (Phi) is 2.73. The van der Waals surface area contributed by atoms with Gasteiger partial charge >= 0.3 is 0 Å². The predicted molar refractivity (Wildman–Crippen MR) is 89.7 cm³/mol. The topological polar surface area (TPSA) is 57.0 Å². The number of rotatable bonds is 2. The maximum absolute atomic E-state index is 5.63. The first kappa shape index (κ1) is 13.0. The van der Waals surface area contributed by atoms with Crippen molar-refractivity contribution >= 4 is 27.7 Å². The largest absolute Gasteiger partial charge is 0.368 e. The average Bonchev–Trinajstić information content (AvgIpc) is 3.08. The monoisotopic (exact) mass is 291 g/mol. The van der Waals surface area contributed by atoms with Gasteiger partial charge in [-0.3, -0.25) is 0 Å². The molecule has 0 aliphatic rings. The van der Waals surface area contributed by atoms with Crippen LogP contribution in [0.25, 0.3) is 33.1 Å². The number of nitrogens with two attached hydrogens (primary N) is 1. The summed E-state index contributed by atoms with van der Waals surface area (Å²) >= 11 is 0. The Labute approximate surface area is 128 Å². The zero-order valence-corrected chi connectivity index (χ0v) is 12.6. The van der Waals surface area contributed by atoms with Gasteiger partial charge in [-0.15, -0.1) is 0 Å². The maximum Gasteiger partial charge on any atom is 0.222 e. The van der Waals surface area contributed by atoms with E-state index >= 15 is 0 Å². The van der Waals surface area contributed by atoms with E-state index in [1.807, 2.05) is 0 Å². The molecule has 0 saturated heterocycles. The molecule has 0 spiro atoms. The lowest BCUT2D eigenvalue weighted by Crippen LogP contribution is -1.99. The van der Waals surface area contributed by atoms with E-state index in [0.717, 1.165) is 11.3 Å². The number of nitrogen functional groups attached to an aromatic ring is 1. The van der Waals surface area contributed by atoms with Crippen LogP contribution in [-0.4, -0.2) is 9.72 Å². The van der Waals surface area contributed by atoms with Gasteiger partial charge in [0.05, 0.1) is 0 Å². The lowest BCUT2D eigenvalue weighted by Gasteiger charge is -2.11. The molecule has 0 amide bonds. The fourth-order valence-corrected chi connectivity index (χ4v) is 3.14. The van der Waals surface area contributed by atoms with Crippen molar-refractivity contribution < 1.29 is 4.52 Å². The summed E-state index contributed by atoms with van der Waals surface area (Å²) < 4.78 is 7.35. The van der Waals surface area contributed by atoms with Crippen LogP contribution in [0, 0.1) is 0 Å². The summed E-state index contributed by atoms with van der Waals surface area (Å²) in [6.07, 6.45) is 0. The van der Waals surface area contributed by atoms with Gasteiger partial charge in [-0.1, -0.05) is 29.4 Å². The average molecular weight is 291 g/mol. The minimum absolute atomic E-state index is 0.333. The van der Waals surface area contributed by atoms with Crippen LogP contribution >= 0.6 is 0 Å². The van der Waals surface area contributed by atoms with Gasteiger partial charge in [0.2, 0.25) is 5.88 Å². The number of hydrogen-bond donors (Lipinski definition) is 1. The van der Waals surface area contributed by atoms with Crippen LogP contribution in [0.5, 0.6) is 0 Å². The Bertz CT molecular complexity index is 979. The van der Waals surface area contributed by atoms with Crippen molar-refractivity contribution in [3.05, 3.63) is 48.5 Å². The zero-order chi connectivity index (χ0) is 15.3. The van der Waals surface area contributed by atoms with Gasteiger partial charge in [0, 0.05) is 39.5 Å². The van der Waals surface area contributed by atoms with Crippen LogP contribution in [0.15, 0.2) is 53.1 Å². The first-order valence-corrected chi connectivity index (χ1v) is 7.40. The minimum Gasteiger partial charge on any atom is -0.368 e. The molecule has 4 heteroatoms. The van der Waals surface area contributed by atoms with Crippen molar-refractivity contribution in [1.82, 2.24) is 9.72 Å². The van der Waals surface area contributed by atoms with Gasteiger partial charge in [0.1, 0.15) is 5.69 Å². The SMILES string of the molecule is CC(C)n1c2ccccc2c2cc(-c3cc(N)on3)ccc21. The summed E-state index contributed by atoms with van der Waals surface area (Å²) in [5, 5.41) is 6.49. The Hall–Kier alpha value is -2.75. The van der Waals surface area contributed by atoms with E-state index in [1.54, 1.807) is 6.07 Å². The second-order valence-corrected chi connectivity index (χ2v) is 5.83. The third-order valence-corrected chi connectivity index (χ3v) is 4.05. The fourth-order valence-electron chi connectivity index (χ4n) is 3.14. The number of hydrogen-bond acceptors (Lipinski definition) is 3. The van der Waals surface area contributed by atoms with Crippen molar-refractivity contribution in [2.45, 2.75) is 19.9 Å². The summed E-state index contributed by atoms with van der Waals surface area (Å²) in [4.78, 5) is 0. The third kappa shape index (κ3) is 1.80. The molecule has 0 aliphatic heterocycles. The lowest BCUT2D eigenvalue weighted by molar-refractivity contribution is 0.439. The Morgan fingerprint density at radius 1 is 1.00 bits per heavy atom. The van der Waals surface area contributed by atoms with Gasteiger partial charge in [-0.2, -0.15) is 0 Å². The molecular weight excluding hydrogens is 274 g/mol. The summed E-state index contributed by atoms with van der Waals surface area (Å²) in [7, 11) is 0. The normalized spacial score (nSPS) is 11.8. The van der Waals surface area contributed by atoms with Crippen LogP contribution in [-0.2, 0) is 0 Å². The minimum atomic E-state index is 0.333. The van der Waals surface area contributed by atoms with E-state index in [2.05, 4.69) is 66.0 Å². The number of anilines is 1. The number of benzene rings is 2. The van der Waals surface area contributed by atoms with Crippen molar-refractivity contribution in [1.29, 1.82) is 0 Å². The van der Waals surface area contributed by atoms with Gasteiger partial charge in [0.25, 0.3) is 0 Å². The van der Waals surface area contributed by atoms with E-state index in [9.17, 15) is 0 Å².